The smallest absolute Gasteiger partial charge is 0.0369 e. The molecule has 2 heteroatoms. The van der Waals surface area contributed by atoms with Gasteiger partial charge in [0.25, 0.3) is 0 Å². The molecule has 0 fully saturated rings. The van der Waals surface area contributed by atoms with Gasteiger partial charge in [0.1, 0.15) is 0 Å². The van der Waals surface area contributed by atoms with E-state index in [1.807, 2.05) is 7.05 Å². The zero-order valence-corrected chi connectivity index (χ0v) is 13.3. The van der Waals surface area contributed by atoms with E-state index in [1.54, 1.807) is 0 Å². The van der Waals surface area contributed by atoms with Crippen LogP contribution in [0, 0.1) is 13.8 Å². The largest absolute Gasteiger partial charge is 0.313 e. The van der Waals surface area contributed by atoms with Crippen LogP contribution < -0.4 is 5.32 Å². The van der Waals surface area contributed by atoms with Crippen LogP contribution in [-0.2, 0) is 6.42 Å². The van der Waals surface area contributed by atoms with Crippen LogP contribution in [0.5, 0.6) is 0 Å². The lowest BCUT2D eigenvalue weighted by atomic mass is 9.97. The van der Waals surface area contributed by atoms with Crippen molar-refractivity contribution in [2.75, 3.05) is 7.05 Å². The second-order valence-corrected chi connectivity index (χ2v) is 5.80. The van der Waals surface area contributed by atoms with Crippen LogP contribution in [-0.4, -0.2) is 7.05 Å². The van der Waals surface area contributed by atoms with E-state index in [0.717, 1.165) is 6.42 Å². The van der Waals surface area contributed by atoms with Gasteiger partial charge in [0.2, 0.25) is 0 Å². The number of hydrogen-bond acceptors (Lipinski definition) is 1. The third-order valence-electron chi connectivity index (χ3n) is 3.51. The van der Waals surface area contributed by atoms with Crippen molar-refractivity contribution in [1.29, 1.82) is 0 Å². The summed E-state index contributed by atoms with van der Waals surface area (Å²) in [5, 5.41) is 3.42. The van der Waals surface area contributed by atoms with Crippen molar-refractivity contribution in [3.8, 4) is 0 Å². The minimum Gasteiger partial charge on any atom is -0.313 e. The fraction of sp³-hybridized carbons (Fsp3) is 0.294. The van der Waals surface area contributed by atoms with Crippen molar-refractivity contribution < 1.29 is 0 Å². The zero-order valence-electron chi connectivity index (χ0n) is 11.7. The number of aryl methyl sites for hydroxylation is 2. The standard InChI is InChI=1S/C17H20BrN/c1-12-7-9-14(10-8-12)11-16(19-3)15-6-4-5-13(2)17(15)18/h4-10,16,19H,11H2,1-3H3. The summed E-state index contributed by atoms with van der Waals surface area (Å²) in [4.78, 5) is 0. The van der Waals surface area contributed by atoms with Gasteiger partial charge in [-0.25, -0.2) is 0 Å². The summed E-state index contributed by atoms with van der Waals surface area (Å²) in [6, 6.07) is 15.5. The van der Waals surface area contributed by atoms with Gasteiger partial charge in [0, 0.05) is 10.5 Å². The Morgan fingerprint density at radius 3 is 2.37 bits per heavy atom. The van der Waals surface area contributed by atoms with Crippen molar-refractivity contribution in [2.45, 2.75) is 26.3 Å². The Kier molecular flexibility index (Phi) is 4.78. The van der Waals surface area contributed by atoms with Gasteiger partial charge in [-0.1, -0.05) is 64.0 Å². The van der Waals surface area contributed by atoms with Crippen LogP contribution in [0.25, 0.3) is 0 Å². The van der Waals surface area contributed by atoms with Crippen LogP contribution in [0.15, 0.2) is 46.9 Å². The van der Waals surface area contributed by atoms with Crippen LogP contribution >= 0.6 is 15.9 Å². The van der Waals surface area contributed by atoms with Crippen molar-refractivity contribution in [3.63, 3.8) is 0 Å². The molecule has 0 spiro atoms. The molecule has 0 aliphatic carbocycles. The number of nitrogens with one attached hydrogen (secondary N) is 1. The lowest BCUT2D eigenvalue weighted by Gasteiger charge is -2.19. The second-order valence-electron chi connectivity index (χ2n) is 5.01. The number of hydrogen-bond donors (Lipinski definition) is 1. The Morgan fingerprint density at radius 1 is 1.05 bits per heavy atom. The maximum atomic E-state index is 3.71. The van der Waals surface area contributed by atoms with Crippen LogP contribution in [0.1, 0.15) is 28.3 Å². The molecule has 0 aliphatic rings. The van der Waals surface area contributed by atoms with Crippen molar-refractivity contribution >= 4 is 15.9 Å². The second kappa shape index (κ2) is 6.36. The van der Waals surface area contributed by atoms with Crippen molar-refractivity contribution in [3.05, 3.63) is 69.2 Å². The topological polar surface area (TPSA) is 12.0 Å². The molecule has 0 heterocycles. The molecule has 0 amide bonds. The first kappa shape index (κ1) is 14.3. The predicted molar refractivity (Wildman–Crippen MR) is 85.6 cm³/mol. The Bertz CT molecular complexity index is 546. The summed E-state index contributed by atoms with van der Waals surface area (Å²) in [6.07, 6.45) is 0.999. The van der Waals surface area contributed by atoms with Gasteiger partial charge >= 0.3 is 0 Å². The Labute approximate surface area is 124 Å². The summed E-state index contributed by atoms with van der Waals surface area (Å²) in [5.41, 5.74) is 5.27. The molecule has 1 unspecified atom stereocenters. The Balaban J connectivity index is 2.25. The Morgan fingerprint density at radius 2 is 1.74 bits per heavy atom. The molecular weight excluding hydrogens is 298 g/mol. The molecule has 2 rings (SSSR count). The molecule has 1 nitrogen and oxygen atoms in total. The molecule has 0 saturated heterocycles. The first-order valence-corrected chi connectivity index (χ1v) is 7.39. The summed E-state index contributed by atoms with van der Waals surface area (Å²) in [7, 11) is 2.02. The van der Waals surface area contributed by atoms with E-state index in [4.69, 9.17) is 0 Å². The number of likely N-dealkylation sites (N-methyl/N-ethyl adjacent to an activating group) is 1. The first-order chi connectivity index (χ1) is 9.11. The van der Waals surface area contributed by atoms with E-state index < -0.39 is 0 Å². The van der Waals surface area contributed by atoms with E-state index in [0.29, 0.717) is 6.04 Å². The molecule has 0 bridgehead atoms. The first-order valence-electron chi connectivity index (χ1n) is 6.59. The quantitative estimate of drug-likeness (QED) is 0.871. The van der Waals surface area contributed by atoms with Gasteiger partial charge < -0.3 is 5.32 Å². The Hall–Kier alpha value is -1.12. The molecular formula is C17H20BrN. The van der Waals surface area contributed by atoms with Crippen LogP contribution in [0.4, 0.5) is 0 Å². The molecule has 2 aromatic carbocycles. The molecule has 100 valence electrons. The highest BCUT2D eigenvalue weighted by molar-refractivity contribution is 9.10. The molecule has 19 heavy (non-hydrogen) atoms. The fourth-order valence-corrected chi connectivity index (χ4v) is 2.81. The third-order valence-corrected chi connectivity index (χ3v) is 4.59. The van der Waals surface area contributed by atoms with Crippen molar-refractivity contribution in [1.82, 2.24) is 5.32 Å². The van der Waals surface area contributed by atoms with Gasteiger partial charge in [0.05, 0.1) is 0 Å². The summed E-state index contributed by atoms with van der Waals surface area (Å²) in [5.74, 6) is 0. The maximum Gasteiger partial charge on any atom is 0.0369 e. The van der Waals surface area contributed by atoms with Gasteiger partial charge in [-0.05, 0) is 44.0 Å². The zero-order chi connectivity index (χ0) is 13.8. The number of rotatable bonds is 4. The minimum absolute atomic E-state index is 0.331. The van der Waals surface area contributed by atoms with Gasteiger partial charge in [-0.3, -0.25) is 0 Å². The molecule has 1 N–H and O–H groups in total. The summed E-state index contributed by atoms with van der Waals surface area (Å²) in [6.45, 7) is 4.25. The maximum absolute atomic E-state index is 3.71. The van der Waals surface area contributed by atoms with E-state index in [1.165, 1.54) is 26.7 Å². The van der Waals surface area contributed by atoms with Gasteiger partial charge in [-0.2, -0.15) is 0 Å². The molecule has 0 aromatic heterocycles. The average molecular weight is 318 g/mol. The van der Waals surface area contributed by atoms with E-state index in [9.17, 15) is 0 Å². The monoisotopic (exact) mass is 317 g/mol. The van der Waals surface area contributed by atoms with Gasteiger partial charge in [0.15, 0.2) is 0 Å². The molecule has 0 radical (unpaired) electrons. The predicted octanol–water partition coefficient (Wildman–Crippen LogP) is 4.57. The van der Waals surface area contributed by atoms with Crippen molar-refractivity contribution in [2.24, 2.45) is 0 Å². The van der Waals surface area contributed by atoms with E-state index in [2.05, 4.69) is 77.6 Å². The van der Waals surface area contributed by atoms with E-state index in [-0.39, 0.29) is 0 Å². The van der Waals surface area contributed by atoms with Gasteiger partial charge in [-0.15, -0.1) is 0 Å². The minimum atomic E-state index is 0.331. The average Bonchev–Trinajstić information content (AvgIpc) is 2.42. The summed E-state index contributed by atoms with van der Waals surface area (Å²) < 4.78 is 1.21. The highest BCUT2D eigenvalue weighted by Gasteiger charge is 2.14. The van der Waals surface area contributed by atoms with Crippen LogP contribution in [0.2, 0.25) is 0 Å². The highest BCUT2D eigenvalue weighted by Crippen LogP contribution is 2.28. The normalized spacial score (nSPS) is 12.4. The lowest BCUT2D eigenvalue weighted by Crippen LogP contribution is -2.19. The molecule has 0 saturated carbocycles. The molecule has 2 aromatic rings. The summed E-state index contributed by atoms with van der Waals surface area (Å²) >= 11 is 3.71. The van der Waals surface area contributed by atoms with Crippen LogP contribution in [0.3, 0.4) is 0 Å². The number of benzene rings is 2. The number of halogens is 1. The molecule has 0 aliphatic heterocycles. The highest BCUT2D eigenvalue weighted by atomic mass is 79.9. The van der Waals surface area contributed by atoms with E-state index >= 15 is 0 Å². The third kappa shape index (κ3) is 3.46. The SMILES string of the molecule is CNC(Cc1ccc(C)cc1)c1cccc(C)c1Br. The fourth-order valence-electron chi connectivity index (χ4n) is 2.27. The lowest BCUT2D eigenvalue weighted by molar-refractivity contribution is 0.589. The molecule has 1 atom stereocenters.